The summed E-state index contributed by atoms with van der Waals surface area (Å²) in [6.45, 7) is 1.40. The number of ketones is 1. The summed E-state index contributed by atoms with van der Waals surface area (Å²) in [7, 11) is 0. The first-order valence-electron chi connectivity index (χ1n) is 8.17. The number of carbonyl (C=O) groups excluding carboxylic acids is 2. The Hall–Kier alpha value is -1.68. The number of Topliss-reactive ketones (excluding diaryl/α,β-unsaturated/α-hetero) is 1. The molecule has 1 aromatic rings. The van der Waals surface area contributed by atoms with E-state index in [-0.39, 0.29) is 17.1 Å². The molecule has 2 aliphatic rings. The third kappa shape index (κ3) is 2.93. The summed E-state index contributed by atoms with van der Waals surface area (Å²) in [5, 5.41) is 8.80. The van der Waals surface area contributed by atoms with E-state index in [1.165, 1.54) is 0 Å². The van der Waals surface area contributed by atoms with Crippen molar-refractivity contribution in [1.82, 2.24) is 4.90 Å². The number of amides is 1. The predicted molar refractivity (Wildman–Crippen MR) is 83.6 cm³/mol. The van der Waals surface area contributed by atoms with Crippen LogP contribution in [0.3, 0.4) is 0 Å². The normalized spacial score (nSPS) is 19.2. The van der Waals surface area contributed by atoms with Crippen molar-refractivity contribution in [3.63, 3.8) is 0 Å². The van der Waals surface area contributed by atoms with Crippen LogP contribution in [0, 0.1) is 0 Å². The molecule has 4 heteroatoms. The highest BCUT2D eigenvalue weighted by molar-refractivity contribution is 5.91. The van der Waals surface area contributed by atoms with Gasteiger partial charge in [-0.1, -0.05) is 24.3 Å². The first-order valence-corrected chi connectivity index (χ1v) is 8.17. The molecule has 1 heterocycles. The van der Waals surface area contributed by atoms with Crippen LogP contribution >= 0.6 is 0 Å². The second-order valence-corrected chi connectivity index (χ2v) is 6.48. The number of aliphatic hydroxyl groups excluding tert-OH is 1. The van der Waals surface area contributed by atoms with E-state index >= 15 is 0 Å². The van der Waals surface area contributed by atoms with Gasteiger partial charge in [-0.05, 0) is 43.2 Å². The fraction of sp³-hybridized carbons (Fsp3) is 0.556. The van der Waals surface area contributed by atoms with Gasteiger partial charge in [0, 0.05) is 19.5 Å². The Balaban J connectivity index is 1.73. The first-order chi connectivity index (χ1) is 10.7. The Morgan fingerprint density at radius 3 is 2.55 bits per heavy atom. The van der Waals surface area contributed by atoms with Crippen LogP contribution in [0.1, 0.15) is 43.2 Å². The van der Waals surface area contributed by atoms with Crippen LogP contribution in [0.15, 0.2) is 24.3 Å². The predicted octanol–water partition coefficient (Wildman–Crippen LogP) is 1.83. The van der Waals surface area contributed by atoms with Crippen molar-refractivity contribution in [3.8, 4) is 0 Å². The highest BCUT2D eigenvalue weighted by Crippen LogP contribution is 2.50. The van der Waals surface area contributed by atoms with E-state index in [9.17, 15) is 9.59 Å². The van der Waals surface area contributed by atoms with E-state index in [1.54, 1.807) is 0 Å². The lowest BCUT2D eigenvalue weighted by atomic mass is 9.92. The Morgan fingerprint density at radius 2 is 1.91 bits per heavy atom. The summed E-state index contributed by atoms with van der Waals surface area (Å²) < 4.78 is 0. The van der Waals surface area contributed by atoms with Gasteiger partial charge < -0.3 is 10.0 Å². The quantitative estimate of drug-likeness (QED) is 0.872. The molecule has 1 N–H and O–H groups in total. The van der Waals surface area contributed by atoms with Gasteiger partial charge in [-0.2, -0.15) is 0 Å². The van der Waals surface area contributed by atoms with Gasteiger partial charge in [-0.15, -0.1) is 0 Å². The summed E-state index contributed by atoms with van der Waals surface area (Å²) in [5.41, 5.74) is 1.86. The lowest BCUT2D eigenvalue weighted by molar-refractivity contribution is -0.132. The van der Waals surface area contributed by atoms with E-state index < -0.39 is 6.61 Å². The van der Waals surface area contributed by atoms with E-state index in [0.29, 0.717) is 12.8 Å². The van der Waals surface area contributed by atoms with Gasteiger partial charge in [0.15, 0.2) is 5.78 Å². The summed E-state index contributed by atoms with van der Waals surface area (Å²) in [6.07, 6.45) is 5.08. The van der Waals surface area contributed by atoms with Crippen LogP contribution in [0.25, 0.3) is 0 Å². The third-order valence-electron chi connectivity index (χ3n) is 4.90. The Morgan fingerprint density at radius 1 is 1.18 bits per heavy atom. The SMILES string of the molecule is O=C(CO)CCc1cccc(C2(C(=O)N3CCCC3)CC2)c1. The Kier molecular flexibility index (Phi) is 4.30. The average molecular weight is 301 g/mol. The molecule has 1 amide bonds. The molecule has 3 rings (SSSR count). The van der Waals surface area contributed by atoms with Gasteiger partial charge >= 0.3 is 0 Å². The van der Waals surface area contributed by atoms with Crippen molar-refractivity contribution < 1.29 is 14.7 Å². The Bertz CT molecular complexity index is 571. The number of aliphatic hydroxyl groups is 1. The molecule has 1 aromatic carbocycles. The van der Waals surface area contributed by atoms with Crippen molar-refractivity contribution in [2.24, 2.45) is 0 Å². The lowest BCUT2D eigenvalue weighted by Crippen LogP contribution is -2.37. The second kappa shape index (κ2) is 6.21. The van der Waals surface area contributed by atoms with Crippen LogP contribution in [0.2, 0.25) is 0 Å². The molecule has 1 saturated heterocycles. The minimum absolute atomic E-state index is 0.139. The maximum atomic E-state index is 12.8. The van der Waals surface area contributed by atoms with E-state index in [2.05, 4.69) is 6.07 Å². The number of likely N-dealkylation sites (tertiary alicyclic amines) is 1. The van der Waals surface area contributed by atoms with Gasteiger partial charge in [-0.25, -0.2) is 0 Å². The number of hydrogen-bond donors (Lipinski definition) is 1. The highest BCUT2D eigenvalue weighted by Gasteiger charge is 2.53. The first kappa shape index (κ1) is 15.2. The zero-order chi connectivity index (χ0) is 15.6. The summed E-state index contributed by atoms with van der Waals surface area (Å²) in [4.78, 5) is 26.1. The van der Waals surface area contributed by atoms with Crippen LogP contribution in [-0.2, 0) is 21.4 Å². The molecule has 0 unspecified atom stereocenters. The van der Waals surface area contributed by atoms with Crippen LogP contribution in [0.5, 0.6) is 0 Å². The van der Waals surface area contributed by atoms with Gasteiger partial charge in [0.25, 0.3) is 0 Å². The fourth-order valence-electron chi connectivity index (χ4n) is 3.36. The van der Waals surface area contributed by atoms with Gasteiger partial charge in [0.1, 0.15) is 6.61 Å². The van der Waals surface area contributed by atoms with Crippen molar-refractivity contribution in [2.75, 3.05) is 19.7 Å². The van der Waals surface area contributed by atoms with Crippen molar-refractivity contribution in [2.45, 2.75) is 43.9 Å². The van der Waals surface area contributed by atoms with E-state index in [0.717, 1.165) is 49.9 Å². The van der Waals surface area contributed by atoms with Crippen molar-refractivity contribution in [3.05, 3.63) is 35.4 Å². The molecule has 1 aliphatic heterocycles. The van der Waals surface area contributed by atoms with Crippen LogP contribution in [0.4, 0.5) is 0 Å². The van der Waals surface area contributed by atoms with Crippen molar-refractivity contribution >= 4 is 11.7 Å². The molecule has 0 atom stereocenters. The topological polar surface area (TPSA) is 57.6 Å². The summed E-state index contributed by atoms with van der Waals surface area (Å²) >= 11 is 0. The van der Waals surface area contributed by atoms with E-state index in [1.807, 2.05) is 23.1 Å². The minimum Gasteiger partial charge on any atom is -0.389 e. The zero-order valence-electron chi connectivity index (χ0n) is 12.9. The standard InChI is InChI=1S/C18H23NO3/c20-13-16(21)7-6-14-4-3-5-15(12-14)18(8-9-18)17(22)19-10-1-2-11-19/h3-5,12,20H,1-2,6-11,13H2. The summed E-state index contributed by atoms with van der Waals surface area (Å²) in [5.74, 6) is 0.147. The third-order valence-corrected chi connectivity index (χ3v) is 4.90. The maximum Gasteiger partial charge on any atom is 0.233 e. The van der Waals surface area contributed by atoms with Gasteiger partial charge in [-0.3, -0.25) is 9.59 Å². The van der Waals surface area contributed by atoms with Crippen LogP contribution < -0.4 is 0 Å². The fourth-order valence-corrected chi connectivity index (χ4v) is 3.36. The largest absolute Gasteiger partial charge is 0.389 e. The summed E-state index contributed by atoms with van der Waals surface area (Å²) in [6, 6.07) is 8.08. The molecule has 0 bridgehead atoms. The number of carbonyl (C=O) groups is 2. The highest BCUT2D eigenvalue weighted by atomic mass is 16.3. The van der Waals surface area contributed by atoms with Crippen molar-refractivity contribution in [1.29, 1.82) is 0 Å². The Labute approximate surface area is 131 Å². The maximum absolute atomic E-state index is 12.8. The molecular formula is C18H23NO3. The smallest absolute Gasteiger partial charge is 0.233 e. The monoisotopic (exact) mass is 301 g/mol. The molecule has 1 aliphatic carbocycles. The molecule has 0 radical (unpaired) electrons. The van der Waals surface area contributed by atoms with E-state index in [4.69, 9.17) is 5.11 Å². The number of benzene rings is 1. The van der Waals surface area contributed by atoms with Crippen LogP contribution in [-0.4, -0.2) is 41.4 Å². The van der Waals surface area contributed by atoms with Gasteiger partial charge in [0.2, 0.25) is 5.91 Å². The van der Waals surface area contributed by atoms with Gasteiger partial charge in [0.05, 0.1) is 5.41 Å². The second-order valence-electron chi connectivity index (χ2n) is 6.48. The number of hydrogen-bond acceptors (Lipinski definition) is 3. The lowest BCUT2D eigenvalue weighted by Gasteiger charge is -2.23. The molecule has 22 heavy (non-hydrogen) atoms. The average Bonchev–Trinajstić information content (AvgIpc) is 3.19. The number of aryl methyl sites for hydroxylation is 1. The molecule has 0 aromatic heterocycles. The molecular weight excluding hydrogens is 278 g/mol. The zero-order valence-corrected chi connectivity index (χ0v) is 12.9. The molecule has 1 saturated carbocycles. The number of rotatable bonds is 6. The molecule has 118 valence electrons. The number of nitrogens with zero attached hydrogens (tertiary/aromatic N) is 1. The molecule has 4 nitrogen and oxygen atoms in total. The molecule has 2 fully saturated rings. The molecule has 0 spiro atoms. The minimum atomic E-state index is -0.392.